The summed E-state index contributed by atoms with van der Waals surface area (Å²) in [5, 5.41) is 13.8. The first-order valence-corrected chi connectivity index (χ1v) is 7.20. The Hall–Kier alpha value is -0.900. The molecule has 0 atom stereocenters. The molecule has 1 aromatic carbocycles. The number of methoxy groups -OCH3 is 1. The lowest BCUT2D eigenvalue weighted by Crippen LogP contribution is -2.44. The standard InChI is InChI=1S/C16H25NO2/c1-19-12-11-17-13-16(18)9-7-15(8-10-16)14-5-3-2-4-6-14/h2-6,15,17-18H,7-13H2,1H3. The van der Waals surface area contributed by atoms with Crippen LogP contribution in [0.2, 0.25) is 0 Å². The van der Waals surface area contributed by atoms with Crippen LogP contribution in [0.15, 0.2) is 30.3 Å². The maximum atomic E-state index is 10.5. The fraction of sp³-hybridized carbons (Fsp3) is 0.625. The predicted molar refractivity (Wildman–Crippen MR) is 77.3 cm³/mol. The quantitative estimate of drug-likeness (QED) is 0.774. The molecule has 106 valence electrons. The molecule has 0 saturated heterocycles. The molecule has 0 bridgehead atoms. The maximum absolute atomic E-state index is 10.5. The number of benzene rings is 1. The zero-order chi connectivity index (χ0) is 13.6. The molecular weight excluding hydrogens is 238 g/mol. The molecule has 1 fully saturated rings. The van der Waals surface area contributed by atoms with E-state index in [9.17, 15) is 5.11 Å². The highest BCUT2D eigenvalue weighted by atomic mass is 16.5. The fourth-order valence-electron chi connectivity index (χ4n) is 2.89. The second-order valence-corrected chi connectivity index (χ2v) is 5.58. The Labute approximate surface area is 116 Å². The zero-order valence-electron chi connectivity index (χ0n) is 11.8. The van der Waals surface area contributed by atoms with E-state index in [1.165, 1.54) is 5.56 Å². The van der Waals surface area contributed by atoms with E-state index in [4.69, 9.17) is 4.74 Å². The largest absolute Gasteiger partial charge is 0.389 e. The molecule has 0 radical (unpaired) electrons. The average Bonchev–Trinajstić information content (AvgIpc) is 2.46. The van der Waals surface area contributed by atoms with Gasteiger partial charge in [0.2, 0.25) is 0 Å². The summed E-state index contributed by atoms with van der Waals surface area (Å²) < 4.78 is 4.99. The fourth-order valence-corrected chi connectivity index (χ4v) is 2.89. The zero-order valence-corrected chi connectivity index (χ0v) is 11.8. The van der Waals surface area contributed by atoms with E-state index in [1.807, 2.05) is 0 Å². The van der Waals surface area contributed by atoms with Crippen molar-refractivity contribution < 1.29 is 9.84 Å². The minimum atomic E-state index is -0.529. The van der Waals surface area contributed by atoms with Crippen LogP contribution in [-0.4, -0.2) is 37.5 Å². The van der Waals surface area contributed by atoms with Crippen LogP contribution in [-0.2, 0) is 4.74 Å². The molecule has 2 rings (SSSR count). The lowest BCUT2D eigenvalue weighted by atomic mass is 9.76. The summed E-state index contributed by atoms with van der Waals surface area (Å²) >= 11 is 0. The Morgan fingerprint density at radius 1 is 1.26 bits per heavy atom. The molecule has 3 heteroatoms. The summed E-state index contributed by atoms with van der Waals surface area (Å²) in [4.78, 5) is 0. The summed E-state index contributed by atoms with van der Waals surface area (Å²) in [6, 6.07) is 10.7. The first-order valence-electron chi connectivity index (χ1n) is 7.20. The molecule has 0 unspecified atom stereocenters. The lowest BCUT2D eigenvalue weighted by molar-refractivity contribution is -0.000817. The van der Waals surface area contributed by atoms with Gasteiger partial charge in [-0.25, -0.2) is 0 Å². The number of ether oxygens (including phenoxy) is 1. The van der Waals surface area contributed by atoms with Crippen LogP contribution in [0.4, 0.5) is 0 Å². The Morgan fingerprint density at radius 3 is 2.58 bits per heavy atom. The summed E-state index contributed by atoms with van der Waals surface area (Å²) in [5.74, 6) is 0.612. The van der Waals surface area contributed by atoms with Gasteiger partial charge in [-0.3, -0.25) is 0 Å². The summed E-state index contributed by atoms with van der Waals surface area (Å²) in [7, 11) is 1.70. The van der Waals surface area contributed by atoms with Gasteiger partial charge in [0, 0.05) is 20.2 Å². The lowest BCUT2D eigenvalue weighted by Gasteiger charge is -2.36. The average molecular weight is 263 g/mol. The van der Waals surface area contributed by atoms with Crippen LogP contribution in [0.25, 0.3) is 0 Å². The SMILES string of the molecule is COCCNCC1(O)CCC(c2ccccc2)CC1. The van der Waals surface area contributed by atoms with E-state index in [0.717, 1.165) is 32.2 Å². The van der Waals surface area contributed by atoms with Crippen LogP contribution in [0.3, 0.4) is 0 Å². The van der Waals surface area contributed by atoms with Gasteiger partial charge in [0.1, 0.15) is 0 Å². The van der Waals surface area contributed by atoms with Gasteiger partial charge in [0.25, 0.3) is 0 Å². The number of rotatable bonds is 6. The van der Waals surface area contributed by atoms with Crippen LogP contribution >= 0.6 is 0 Å². The third-order valence-corrected chi connectivity index (χ3v) is 4.12. The highest BCUT2D eigenvalue weighted by Gasteiger charge is 2.33. The molecule has 1 aliphatic carbocycles. The third kappa shape index (κ3) is 4.30. The van der Waals surface area contributed by atoms with E-state index >= 15 is 0 Å². The van der Waals surface area contributed by atoms with Crippen molar-refractivity contribution in [3.05, 3.63) is 35.9 Å². The maximum Gasteiger partial charge on any atom is 0.0772 e. The van der Waals surface area contributed by atoms with Crippen LogP contribution < -0.4 is 5.32 Å². The van der Waals surface area contributed by atoms with Gasteiger partial charge in [-0.1, -0.05) is 30.3 Å². The van der Waals surface area contributed by atoms with Crippen molar-refractivity contribution in [3.8, 4) is 0 Å². The van der Waals surface area contributed by atoms with E-state index in [1.54, 1.807) is 7.11 Å². The smallest absolute Gasteiger partial charge is 0.0772 e. The number of hydrogen-bond acceptors (Lipinski definition) is 3. The molecule has 19 heavy (non-hydrogen) atoms. The van der Waals surface area contributed by atoms with E-state index in [2.05, 4.69) is 35.6 Å². The molecule has 3 nitrogen and oxygen atoms in total. The van der Waals surface area contributed by atoms with Gasteiger partial charge < -0.3 is 15.2 Å². The molecule has 0 aliphatic heterocycles. The van der Waals surface area contributed by atoms with E-state index in [-0.39, 0.29) is 0 Å². The molecule has 2 N–H and O–H groups in total. The molecule has 0 spiro atoms. The molecule has 1 saturated carbocycles. The first kappa shape index (κ1) is 14.5. The van der Waals surface area contributed by atoms with Gasteiger partial charge in [-0.2, -0.15) is 0 Å². The number of nitrogens with one attached hydrogen (secondary N) is 1. The molecule has 0 amide bonds. The number of hydrogen-bond donors (Lipinski definition) is 2. The van der Waals surface area contributed by atoms with Crippen LogP contribution in [0.1, 0.15) is 37.2 Å². The van der Waals surface area contributed by atoms with Crippen molar-refractivity contribution >= 4 is 0 Å². The predicted octanol–water partition coefficient (Wildman–Crippen LogP) is 2.31. The molecule has 1 aliphatic rings. The topological polar surface area (TPSA) is 41.5 Å². The molecule has 0 heterocycles. The first-order chi connectivity index (χ1) is 9.23. The Bertz CT molecular complexity index is 358. The van der Waals surface area contributed by atoms with Gasteiger partial charge in [-0.05, 0) is 37.2 Å². The van der Waals surface area contributed by atoms with Crippen molar-refractivity contribution in [2.45, 2.75) is 37.2 Å². The molecular formula is C16H25NO2. The second kappa shape index (κ2) is 7.04. The second-order valence-electron chi connectivity index (χ2n) is 5.58. The van der Waals surface area contributed by atoms with Gasteiger partial charge in [0.05, 0.1) is 12.2 Å². The molecule has 0 aromatic heterocycles. The van der Waals surface area contributed by atoms with Crippen LogP contribution in [0, 0.1) is 0 Å². The minimum absolute atomic E-state index is 0.529. The summed E-state index contributed by atoms with van der Waals surface area (Å²) in [6.07, 6.45) is 3.91. The van der Waals surface area contributed by atoms with Crippen molar-refractivity contribution in [1.29, 1.82) is 0 Å². The highest BCUT2D eigenvalue weighted by Crippen LogP contribution is 2.37. The van der Waals surface area contributed by atoms with Gasteiger partial charge >= 0.3 is 0 Å². The Balaban J connectivity index is 1.78. The highest BCUT2D eigenvalue weighted by molar-refractivity contribution is 5.20. The monoisotopic (exact) mass is 263 g/mol. The van der Waals surface area contributed by atoms with Gasteiger partial charge in [-0.15, -0.1) is 0 Å². The van der Waals surface area contributed by atoms with Crippen molar-refractivity contribution in [2.24, 2.45) is 0 Å². The van der Waals surface area contributed by atoms with Crippen molar-refractivity contribution in [2.75, 3.05) is 26.8 Å². The van der Waals surface area contributed by atoms with Crippen molar-refractivity contribution in [1.82, 2.24) is 5.32 Å². The van der Waals surface area contributed by atoms with Crippen molar-refractivity contribution in [3.63, 3.8) is 0 Å². The normalized spacial score (nSPS) is 27.4. The number of aliphatic hydroxyl groups is 1. The molecule has 1 aromatic rings. The van der Waals surface area contributed by atoms with E-state index < -0.39 is 5.60 Å². The summed E-state index contributed by atoms with van der Waals surface area (Å²) in [6.45, 7) is 2.18. The van der Waals surface area contributed by atoms with Crippen LogP contribution in [0.5, 0.6) is 0 Å². The van der Waals surface area contributed by atoms with E-state index in [0.29, 0.717) is 19.1 Å². The summed E-state index contributed by atoms with van der Waals surface area (Å²) in [5.41, 5.74) is 0.885. The Kier molecular flexibility index (Phi) is 5.37. The third-order valence-electron chi connectivity index (χ3n) is 4.12. The Morgan fingerprint density at radius 2 is 1.95 bits per heavy atom. The minimum Gasteiger partial charge on any atom is -0.389 e. The van der Waals surface area contributed by atoms with Gasteiger partial charge in [0.15, 0.2) is 0 Å².